The van der Waals surface area contributed by atoms with Crippen LogP contribution in [0.4, 0.5) is 4.79 Å². The Morgan fingerprint density at radius 2 is 1.60 bits per heavy atom. The van der Waals surface area contributed by atoms with Crippen LogP contribution in [-0.2, 0) is 14.3 Å². The Kier molecular flexibility index (Phi) is 7.73. The van der Waals surface area contributed by atoms with Crippen molar-refractivity contribution < 1.29 is 24.2 Å². The molecule has 4 rings (SSSR count). The fourth-order valence-electron chi connectivity index (χ4n) is 5.43. The van der Waals surface area contributed by atoms with Crippen LogP contribution in [0, 0.1) is 11.8 Å². The van der Waals surface area contributed by atoms with E-state index in [1.54, 1.807) is 14.0 Å². The van der Waals surface area contributed by atoms with Crippen molar-refractivity contribution in [3.63, 3.8) is 0 Å². The summed E-state index contributed by atoms with van der Waals surface area (Å²) in [4.78, 5) is 38.8. The van der Waals surface area contributed by atoms with Crippen LogP contribution in [0.2, 0.25) is 0 Å². The molecule has 0 bridgehead atoms. The largest absolute Gasteiger partial charge is 0.481 e. The smallest absolute Gasteiger partial charge is 0.407 e. The summed E-state index contributed by atoms with van der Waals surface area (Å²) in [5.41, 5.74) is 4.65. The van der Waals surface area contributed by atoms with Gasteiger partial charge in [-0.2, -0.15) is 0 Å². The molecule has 35 heavy (non-hydrogen) atoms. The predicted octanol–water partition coefficient (Wildman–Crippen LogP) is 4.65. The van der Waals surface area contributed by atoms with E-state index in [9.17, 15) is 19.5 Å². The van der Waals surface area contributed by atoms with Crippen molar-refractivity contribution in [1.29, 1.82) is 0 Å². The molecule has 0 saturated heterocycles. The Morgan fingerprint density at radius 3 is 2.23 bits per heavy atom. The number of carbonyl (C=O) groups is 3. The molecule has 2 N–H and O–H groups in total. The number of nitrogens with zero attached hydrogens (tertiary/aromatic N) is 1. The number of benzene rings is 2. The van der Waals surface area contributed by atoms with Crippen LogP contribution in [0.15, 0.2) is 48.5 Å². The maximum Gasteiger partial charge on any atom is 0.407 e. The Balaban J connectivity index is 1.41. The molecule has 0 radical (unpaired) electrons. The number of hydrogen-bond donors (Lipinski definition) is 2. The molecular weight excluding hydrogens is 444 g/mol. The van der Waals surface area contributed by atoms with E-state index in [1.165, 1.54) is 16.0 Å². The normalized spacial score (nSPS) is 20.2. The second-order valence-electron chi connectivity index (χ2n) is 9.78. The van der Waals surface area contributed by atoms with Crippen molar-refractivity contribution in [1.82, 2.24) is 10.2 Å². The summed E-state index contributed by atoms with van der Waals surface area (Å²) in [7, 11) is 1.64. The average molecular weight is 479 g/mol. The van der Waals surface area contributed by atoms with Gasteiger partial charge in [0, 0.05) is 25.6 Å². The Bertz CT molecular complexity index is 1040. The summed E-state index contributed by atoms with van der Waals surface area (Å²) in [6, 6.07) is 16.1. The number of carbonyl (C=O) groups excluding carboxylic acids is 2. The zero-order valence-electron chi connectivity index (χ0n) is 20.4. The highest BCUT2D eigenvalue weighted by Gasteiger charge is 2.34. The molecular formula is C28H34N2O5. The first-order valence-corrected chi connectivity index (χ1v) is 12.5. The standard InChI is InChI=1S/C28H34N2O5/c1-18(27(32)33)16-30(2)26(31)23-14-4-3-5-15-25(23)29-28(34)35-17-24-21-12-8-6-10-19(21)20-11-7-9-13-22(20)24/h6-13,18,23-25H,3-5,14-17H2,1-2H3,(H,29,34)(H,32,33). The monoisotopic (exact) mass is 478 g/mol. The van der Waals surface area contributed by atoms with Crippen molar-refractivity contribution in [2.24, 2.45) is 11.8 Å². The van der Waals surface area contributed by atoms with Gasteiger partial charge in [0.15, 0.2) is 0 Å². The zero-order valence-corrected chi connectivity index (χ0v) is 20.4. The Hall–Kier alpha value is -3.35. The van der Waals surface area contributed by atoms with Gasteiger partial charge in [-0.3, -0.25) is 9.59 Å². The topological polar surface area (TPSA) is 95.9 Å². The molecule has 2 amide bonds. The molecule has 186 valence electrons. The molecule has 7 heteroatoms. The van der Waals surface area contributed by atoms with E-state index in [4.69, 9.17) is 4.74 Å². The van der Waals surface area contributed by atoms with E-state index in [0.29, 0.717) is 12.8 Å². The van der Waals surface area contributed by atoms with Crippen molar-refractivity contribution in [3.05, 3.63) is 59.7 Å². The van der Waals surface area contributed by atoms with Gasteiger partial charge < -0.3 is 20.1 Å². The molecule has 0 spiro atoms. The van der Waals surface area contributed by atoms with Gasteiger partial charge in [0.25, 0.3) is 0 Å². The van der Waals surface area contributed by atoms with Gasteiger partial charge in [0.05, 0.1) is 11.8 Å². The number of rotatable bonds is 7. The predicted molar refractivity (Wildman–Crippen MR) is 133 cm³/mol. The maximum atomic E-state index is 13.2. The summed E-state index contributed by atoms with van der Waals surface area (Å²) in [6.45, 7) is 1.95. The first-order chi connectivity index (χ1) is 16.9. The summed E-state index contributed by atoms with van der Waals surface area (Å²) >= 11 is 0. The fraction of sp³-hybridized carbons (Fsp3) is 0.464. The number of hydrogen-bond acceptors (Lipinski definition) is 4. The van der Waals surface area contributed by atoms with Gasteiger partial charge in [0.1, 0.15) is 6.61 Å². The highest BCUT2D eigenvalue weighted by molar-refractivity contribution is 5.81. The van der Waals surface area contributed by atoms with E-state index in [-0.39, 0.29) is 36.9 Å². The van der Waals surface area contributed by atoms with Crippen molar-refractivity contribution in [2.45, 2.75) is 51.0 Å². The van der Waals surface area contributed by atoms with Crippen molar-refractivity contribution in [3.8, 4) is 11.1 Å². The maximum absolute atomic E-state index is 13.2. The number of alkyl carbamates (subject to hydrolysis) is 1. The van der Waals surface area contributed by atoms with Crippen LogP contribution < -0.4 is 5.32 Å². The molecule has 3 unspecified atom stereocenters. The molecule has 7 nitrogen and oxygen atoms in total. The summed E-state index contributed by atoms with van der Waals surface area (Å²) in [6.07, 6.45) is 3.68. The minimum atomic E-state index is -0.932. The Morgan fingerprint density at radius 1 is 1.00 bits per heavy atom. The van der Waals surface area contributed by atoms with Gasteiger partial charge in [-0.15, -0.1) is 0 Å². The van der Waals surface area contributed by atoms with Crippen molar-refractivity contribution in [2.75, 3.05) is 20.2 Å². The van der Waals surface area contributed by atoms with Crippen molar-refractivity contribution >= 4 is 18.0 Å². The first-order valence-electron chi connectivity index (χ1n) is 12.5. The Labute approximate surface area is 206 Å². The number of ether oxygens (including phenoxy) is 1. The van der Waals surface area contributed by atoms with Gasteiger partial charge in [-0.25, -0.2) is 4.79 Å². The minimum absolute atomic E-state index is 0.0247. The molecule has 1 saturated carbocycles. The SMILES string of the molecule is CC(CN(C)C(=O)C1CCCCCC1NC(=O)OCC1c2ccccc2-c2ccccc21)C(=O)O. The zero-order chi connectivity index (χ0) is 24.9. The van der Waals surface area contributed by atoms with Crippen LogP contribution >= 0.6 is 0 Å². The molecule has 2 aliphatic rings. The highest BCUT2D eigenvalue weighted by Crippen LogP contribution is 2.44. The summed E-state index contributed by atoms with van der Waals surface area (Å²) in [5.74, 6) is -2.11. The van der Waals surface area contributed by atoms with Crippen LogP contribution in [0.25, 0.3) is 11.1 Å². The number of carboxylic acid groups (broad SMARTS) is 1. The third kappa shape index (κ3) is 5.50. The van der Waals surface area contributed by atoms with E-state index in [2.05, 4.69) is 29.6 Å². The summed E-state index contributed by atoms with van der Waals surface area (Å²) < 4.78 is 5.72. The molecule has 0 aromatic heterocycles. The molecule has 0 heterocycles. The molecule has 2 aliphatic carbocycles. The van der Waals surface area contributed by atoms with Crippen LogP contribution in [-0.4, -0.2) is 54.2 Å². The van der Waals surface area contributed by atoms with E-state index >= 15 is 0 Å². The lowest BCUT2D eigenvalue weighted by Gasteiger charge is -2.30. The van der Waals surface area contributed by atoms with E-state index in [1.807, 2.05) is 24.3 Å². The lowest BCUT2D eigenvalue weighted by Crippen LogP contribution is -2.48. The van der Waals surface area contributed by atoms with Gasteiger partial charge in [0.2, 0.25) is 5.91 Å². The second kappa shape index (κ2) is 10.9. The minimum Gasteiger partial charge on any atom is -0.481 e. The van der Waals surface area contributed by atoms with Gasteiger partial charge in [-0.1, -0.05) is 74.7 Å². The van der Waals surface area contributed by atoms with E-state index < -0.39 is 18.0 Å². The first kappa shape index (κ1) is 24.8. The lowest BCUT2D eigenvalue weighted by atomic mass is 9.93. The van der Waals surface area contributed by atoms with E-state index in [0.717, 1.165) is 30.4 Å². The third-order valence-electron chi connectivity index (χ3n) is 7.33. The van der Waals surface area contributed by atoms with Crippen LogP contribution in [0.1, 0.15) is 56.1 Å². The molecule has 0 aliphatic heterocycles. The van der Waals surface area contributed by atoms with Crippen LogP contribution in [0.5, 0.6) is 0 Å². The molecule has 1 fully saturated rings. The second-order valence-corrected chi connectivity index (χ2v) is 9.78. The number of aliphatic carboxylic acids is 1. The lowest BCUT2D eigenvalue weighted by molar-refractivity contribution is -0.143. The molecule has 2 aromatic carbocycles. The fourth-order valence-corrected chi connectivity index (χ4v) is 5.43. The van der Waals surface area contributed by atoms with Gasteiger partial charge in [-0.05, 0) is 35.1 Å². The number of amides is 2. The summed E-state index contributed by atoms with van der Waals surface area (Å²) in [5, 5.41) is 12.2. The number of nitrogens with one attached hydrogen (secondary N) is 1. The van der Waals surface area contributed by atoms with Gasteiger partial charge >= 0.3 is 12.1 Å². The quantitative estimate of drug-likeness (QED) is 0.565. The molecule has 2 aromatic rings. The number of fused-ring (bicyclic) bond motifs is 3. The molecule has 3 atom stereocenters. The number of carboxylic acids is 1. The average Bonchev–Trinajstić information content (AvgIpc) is 2.99. The third-order valence-corrected chi connectivity index (χ3v) is 7.33. The highest BCUT2D eigenvalue weighted by atomic mass is 16.5. The van der Waals surface area contributed by atoms with Crippen LogP contribution in [0.3, 0.4) is 0 Å².